The monoisotopic (exact) mass is 547 g/mol. The maximum atomic E-state index is 14.3. The molecule has 0 unspecified atom stereocenters. The zero-order chi connectivity index (χ0) is 26.7. The highest BCUT2D eigenvalue weighted by Crippen LogP contribution is 2.39. The molecule has 0 saturated heterocycles. The van der Waals surface area contributed by atoms with Crippen LogP contribution in [0.5, 0.6) is 11.5 Å². The molecule has 190 valence electrons. The van der Waals surface area contributed by atoms with Crippen molar-refractivity contribution in [2.75, 3.05) is 7.11 Å². The van der Waals surface area contributed by atoms with E-state index < -0.39 is 29.1 Å². The van der Waals surface area contributed by atoms with E-state index >= 15 is 0 Å². The Labute approximate surface area is 219 Å². The van der Waals surface area contributed by atoms with Crippen LogP contribution in [-0.4, -0.2) is 18.0 Å². The molecule has 0 spiro atoms. The Bertz CT molecular complexity index is 1490. The predicted molar refractivity (Wildman–Crippen MR) is 133 cm³/mol. The molecule has 0 radical (unpaired) electrons. The molecule has 0 heterocycles. The summed E-state index contributed by atoms with van der Waals surface area (Å²) >= 11 is 12.1. The number of nitrogens with zero attached hydrogens (tertiary/aromatic N) is 1. The number of halogens is 4. The number of hydrogen-bond acceptors (Lipinski definition) is 6. The molecule has 0 N–H and O–H groups in total. The SMILES string of the molecule is COc1ccc2cc(OCc3c(F)cccc3Cl)c(C(=O)OCc3c(F)cccc3Cl)cc2c1[N+](=O)[O-]. The number of carbonyl (C=O) groups excluding carboxylic acids is 1. The van der Waals surface area contributed by atoms with Crippen LogP contribution in [0.3, 0.4) is 0 Å². The highest BCUT2D eigenvalue weighted by Gasteiger charge is 2.25. The maximum Gasteiger partial charge on any atom is 0.342 e. The van der Waals surface area contributed by atoms with E-state index in [-0.39, 0.29) is 55.9 Å². The Kier molecular flexibility index (Phi) is 7.75. The summed E-state index contributed by atoms with van der Waals surface area (Å²) in [5.74, 6) is -2.36. The first-order valence-corrected chi connectivity index (χ1v) is 11.4. The molecule has 4 aromatic carbocycles. The molecule has 0 saturated carbocycles. The number of nitro groups is 1. The van der Waals surface area contributed by atoms with Crippen LogP contribution < -0.4 is 9.47 Å². The van der Waals surface area contributed by atoms with E-state index in [0.29, 0.717) is 5.39 Å². The third-order valence-electron chi connectivity index (χ3n) is 5.52. The van der Waals surface area contributed by atoms with Gasteiger partial charge in [-0.1, -0.05) is 41.4 Å². The molecule has 7 nitrogen and oxygen atoms in total. The molecule has 11 heteroatoms. The minimum atomic E-state index is -0.979. The molecule has 37 heavy (non-hydrogen) atoms. The molecule has 0 aliphatic rings. The Morgan fingerprint density at radius 2 is 1.54 bits per heavy atom. The van der Waals surface area contributed by atoms with E-state index in [4.69, 9.17) is 37.4 Å². The van der Waals surface area contributed by atoms with Crippen molar-refractivity contribution in [1.82, 2.24) is 0 Å². The van der Waals surface area contributed by atoms with Crippen LogP contribution in [0.2, 0.25) is 10.0 Å². The van der Waals surface area contributed by atoms with Crippen molar-refractivity contribution in [3.8, 4) is 11.5 Å². The summed E-state index contributed by atoms with van der Waals surface area (Å²) in [6, 6.07) is 13.6. The Hall–Kier alpha value is -3.95. The van der Waals surface area contributed by atoms with Gasteiger partial charge in [0.05, 0.1) is 27.5 Å². The first-order chi connectivity index (χ1) is 17.7. The smallest absolute Gasteiger partial charge is 0.342 e. The van der Waals surface area contributed by atoms with Gasteiger partial charge in [0.25, 0.3) is 0 Å². The second kappa shape index (κ2) is 11.0. The van der Waals surface area contributed by atoms with Crippen molar-refractivity contribution >= 4 is 45.6 Å². The number of benzene rings is 4. The maximum absolute atomic E-state index is 14.3. The highest BCUT2D eigenvalue weighted by atomic mass is 35.5. The Morgan fingerprint density at radius 1 is 0.919 bits per heavy atom. The fourth-order valence-electron chi connectivity index (χ4n) is 3.65. The van der Waals surface area contributed by atoms with Crippen molar-refractivity contribution in [3.05, 3.63) is 109 Å². The molecule has 0 atom stereocenters. The minimum absolute atomic E-state index is 0.0261. The number of methoxy groups -OCH3 is 1. The van der Waals surface area contributed by atoms with Crippen LogP contribution in [0, 0.1) is 21.7 Å². The summed E-state index contributed by atoms with van der Waals surface area (Å²) in [5, 5.41) is 12.4. The summed E-state index contributed by atoms with van der Waals surface area (Å²) in [5.41, 5.74) is -0.604. The minimum Gasteiger partial charge on any atom is -0.490 e. The van der Waals surface area contributed by atoms with Crippen LogP contribution in [0.4, 0.5) is 14.5 Å². The van der Waals surface area contributed by atoms with Crippen LogP contribution >= 0.6 is 23.2 Å². The Balaban J connectivity index is 1.78. The van der Waals surface area contributed by atoms with Gasteiger partial charge >= 0.3 is 11.7 Å². The van der Waals surface area contributed by atoms with Crippen molar-refractivity contribution < 1.29 is 32.7 Å². The summed E-state index contributed by atoms with van der Waals surface area (Å²) in [6.45, 7) is -0.865. The molecule has 0 aliphatic heterocycles. The first-order valence-electron chi connectivity index (χ1n) is 10.7. The number of fused-ring (bicyclic) bond motifs is 1. The van der Waals surface area contributed by atoms with Gasteiger partial charge in [0.1, 0.15) is 36.2 Å². The van der Waals surface area contributed by atoms with Gasteiger partial charge < -0.3 is 14.2 Å². The molecule has 0 amide bonds. The first kappa shape index (κ1) is 26.1. The fourth-order valence-corrected chi connectivity index (χ4v) is 4.09. The van der Waals surface area contributed by atoms with Gasteiger partial charge in [-0.25, -0.2) is 13.6 Å². The second-order valence-electron chi connectivity index (χ2n) is 7.71. The normalized spacial score (nSPS) is 10.8. The average molecular weight is 548 g/mol. The molecule has 0 fully saturated rings. The lowest BCUT2D eigenvalue weighted by atomic mass is 10.0. The average Bonchev–Trinajstić information content (AvgIpc) is 2.86. The van der Waals surface area contributed by atoms with Gasteiger partial charge in [0, 0.05) is 11.1 Å². The molecule has 0 aromatic heterocycles. The molecule has 4 rings (SSSR count). The van der Waals surface area contributed by atoms with E-state index in [1.165, 1.54) is 55.6 Å². The lowest BCUT2D eigenvalue weighted by molar-refractivity contribution is -0.383. The van der Waals surface area contributed by atoms with Crippen molar-refractivity contribution in [2.24, 2.45) is 0 Å². The summed E-state index contributed by atoms with van der Waals surface area (Å²) in [6.07, 6.45) is 0. The third-order valence-corrected chi connectivity index (χ3v) is 6.23. The number of esters is 1. The molecular formula is C26H17Cl2F2NO6. The predicted octanol–water partition coefficient (Wildman–Crippen LogP) is 7.28. The summed E-state index contributed by atoms with van der Waals surface area (Å²) in [7, 11) is 1.27. The van der Waals surface area contributed by atoms with Crippen LogP contribution in [0.25, 0.3) is 10.8 Å². The van der Waals surface area contributed by atoms with E-state index in [1.807, 2.05) is 0 Å². The van der Waals surface area contributed by atoms with Crippen molar-refractivity contribution in [1.29, 1.82) is 0 Å². The van der Waals surface area contributed by atoms with Crippen LogP contribution in [0.15, 0.2) is 60.7 Å². The summed E-state index contributed by atoms with van der Waals surface area (Å²) in [4.78, 5) is 24.3. The topological polar surface area (TPSA) is 87.9 Å². The van der Waals surface area contributed by atoms with E-state index in [2.05, 4.69) is 0 Å². The zero-order valence-electron chi connectivity index (χ0n) is 19.1. The quantitative estimate of drug-likeness (QED) is 0.131. The van der Waals surface area contributed by atoms with Gasteiger partial charge in [-0.05, 0) is 47.9 Å². The lowest BCUT2D eigenvalue weighted by Crippen LogP contribution is -2.10. The van der Waals surface area contributed by atoms with E-state index in [0.717, 1.165) is 6.07 Å². The van der Waals surface area contributed by atoms with Crippen molar-refractivity contribution in [3.63, 3.8) is 0 Å². The number of carbonyl (C=O) groups is 1. The van der Waals surface area contributed by atoms with Gasteiger partial charge in [0.2, 0.25) is 0 Å². The van der Waals surface area contributed by atoms with Crippen LogP contribution in [0.1, 0.15) is 21.5 Å². The zero-order valence-corrected chi connectivity index (χ0v) is 20.6. The molecule has 0 aliphatic carbocycles. The third kappa shape index (κ3) is 5.42. The fraction of sp³-hybridized carbons (Fsp3) is 0.115. The number of ether oxygens (including phenoxy) is 3. The number of nitro benzene ring substituents is 1. The summed E-state index contributed by atoms with van der Waals surface area (Å²) < 4.78 is 44.6. The van der Waals surface area contributed by atoms with Gasteiger partial charge in [0.15, 0.2) is 5.75 Å². The van der Waals surface area contributed by atoms with Gasteiger partial charge in [-0.3, -0.25) is 10.1 Å². The second-order valence-corrected chi connectivity index (χ2v) is 8.52. The van der Waals surface area contributed by atoms with Gasteiger partial charge in [-0.15, -0.1) is 0 Å². The van der Waals surface area contributed by atoms with E-state index in [1.54, 1.807) is 6.07 Å². The molecular weight excluding hydrogens is 531 g/mol. The van der Waals surface area contributed by atoms with Crippen molar-refractivity contribution in [2.45, 2.75) is 13.2 Å². The van der Waals surface area contributed by atoms with E-state index in [9.17, 15) is 23.7 Å². The number of hydrogen-bond donors (Lipinski definition) is 0. The van der Waals surface area contributed by atoms with Gasteiger partial charge in [-0.2, -0.15) is 0 Å². The Morgan fingerprint density at radius 3 is 2.11 bits per heavy atom. The standard InChI is InChI=1S/C26H17Cl2F2NO6/c1-35-23-9-8-14-10-24(36-12-17-19(27)4-2-6-21(17)29)16(11-15(14)25(23)31(33)34)26(32)37-13-18-20(28)5-3-7-22(18)30/h2-11H,12-13H2,1H3. The largest absolute Gasteiger partial charge is 0.490 e. The van der Waals surface area contributed by atoms with Crippen LogP contribution in [-0.2, 0) is 18.0 Å². The highest BCUT2D eigenvalue weighted by molar-refractivity contribution is 6.31. The lowest BCUT2D eigenvalue weighted by Gasteiger charge is -2.15. The molecule has 0 bridgehead atoms. The number of rotatable bonds is 8. The molecule has 4 aromatic rings.